The number of hydrogen-bond donors (Lipinski definition) is 1. The van der Waals surface area contributed by atoms with Crippen LogP contribution in [0.1, 0.15) is 56.3 Å². The van der Waals surface area contributed by atoms with E-state index in [1.54, 1.807) is 0 Å². The molecule has 24 heavy (non-hydrogen) atoms. The van der Waals surface area contributed by atoms with Gasteiger partial charge in [0.25, 0.3) is 5.91 Å². The summed E-state index contributed by atoms with van der Waals surface area (Å²) in [6, 6.07) is 0.391. The van der Waals surface area contributed by atoms with Crippen molar-refractivity contribution in [2.24, 2.45) is 0 Å². The maximum atomic E-state index is 12.7. The second-order valence-electron chi connectivity index (χ2n) is 7.39. The number of thiazole rings is 1. The van der Waals surface area contributed by atoms with E-state index in [1.165, 1.54) is 11.3 Å². The number of nitrogens with zero attached hydrogens (tertiary/aromatic N) is 2. The zero-order valence-electron chi connectivity index (χ0n) is 14.0. The van der Waals surface area contributed by atoms with Gasteiger partial charge in [0, 0.05) is 23.5 Å². The normalized spacial score (nSPS) is 26.3. The smallest absolute Gasteiger partial charge is 0.407 e. The number of carbonyl (C=O) groups excluding carboxylic acids is 2. The monoisotopic (exact) mass is 415 g/mol. The Morgan fingerprint density at radius 2 is 1.96 bits per heavy atom. The van der Waals surface area contributed by atoms with Crippen LogP contribution in [0.15, 0.2) is 9.98 Å². The minimum absolute atomic E-state index is 0.00826. The lowest BCUT2D eigenvalue weighted by molar-refractivity contribution is 0.0418. The van der Waals surface area contributed by atoms with Gasteiger partial charge in [-0.15, -0.1) is 11.3 Å². The molecule has 2 aliphatic heterocycles. The van der Waals surface area contributed by atoms with E-state index >= 15 is 0 Å². The molecular weight excluding hydrogens is 394 g/mol. The highest BCUT2D eigenvalue weighted by molar-refractivity contribution is 9.10. The van der Waals surface area contributed by atoms with E-state index in [2.05, 4.69) is 26.2 Å². The van der Waals surface area contributed by atoms with Gasteiger partial charge in [-0.2, -0.15) is 0 Å². The summed E-state index contributed by atoms with van der Waals surface area (Å²) in [5.41, 5.74) is -0.502. The largest absolute Gasteiger partial charge is 0.444 e. The number of fused-ring (bicyclic) bond motifs is 2. The molecule has 1 N–H and O–H groups in total. The van der Waals surface area contributed by atoms with Crippen molar-refractivity contribution < 1.29 is 14.3 Å². The van der Waals surface area contributed by atoms with Crippen molar-refractivity contribution in [2.75, 3.05) is 0 Å². The second-order valence-corrected chi connectivity index (χ2v) is 9.06. The predicted molar refractivity (Wildman–Crippen MR) is 95.2 cm³/mol. The average Bonchev–Trinajstić information content (AvgIpc) is 2.98. The van der Waals surface area contributed by atoms with Gasteiger partial charge in [-0.3, -0.25) is 4.79 Å². The highest BCUT2D eigenvalue weighted by Gasteiger charge is 2.44. The number of carbonyl (C=O) groups is 2. The third-order valence-electron chi connectivity index (χ3n) is 4.35. The molecule has 132 valence electrons. The Labute approximate surface area is 154 Å². The summed E-state index contributed by atoms with van der Waals surface area (Å²) in [5.74, 6) is 0.00826. The Morgan fingerprint density at radius 1 is 1.33 bits per heavy atom. The second kappa shape index (κ2) is 6.63. The molecule has 0 saturated carbocycles. The quantitative estimate of drug-likeness (QED) is 0.800. The van der Waals surface area contributed by atoms with Crippen molar-refractivity contribution in [2.45, 2.75) is 70.2 Å². The Bertz CT molecular complexity index is 629. The molecule has 2 saturated heterocycles. The average molecular weight is 416 g/mol. The number of ether oxygens (including phenoxy) is 1. The number of aromatic nitrogens is 1. The SMILES string of the molecule is CC(C)(C)OC(=O)NC1CC2CCC(C1)N2C(=O)c1nc(Br)cs1. The van der Waals surface area contributed by atoms with Crippen LogP contribution in [-0.4, -0.2) is 45.6 Å². The van der Waals surface area contributed by atoms with Crippen molar-refractivity contribution in [3.8, 4) is 0 Å². The molecule has 2 aliphatic rings. The first kappa shape index (κ1) is 17.7. The number of alkyl carbamates (subject to hydrolysis) is 1. The Kier molecular flexibility index (Phi) is 4.88. The summed E-state index contributed by atoms with van der Waals surface area (Å²) >= 11 is 4.66. The van der Waals surface area contributed by atoms with Crippen molar-refractivity contribution in [3.63, 3.8) is 0 Å². The van der Waals surface area contributed by atoms with Gasteiger partial charge < -0.3 is 15.0 Å². The molecule has 6 nitrogen and oxygen atoms in total. The first-order valence-electron chi connectivity index (χ1n) is 8.16. The third-order valence-corrected chi connectivity index (χ3v) is 5.89. The van der Waals surface area contributed by atoms with Crippen molar-refractivity contribution in [1.82, 2.24) is 15.2 Å². The summed E-state index contributed by atoms with van der Waals surface area (Å²) in [6.07, 6.45) is 3.13. The Balaban J connectivity index is 1.62. The molecule has 1 aromatic rings. The van der Waals surface area contributed by atoms with E-state index < -0.39 is 5.60 Å². The zero-order valence-corrected chi connectivity index (χ0v) is 16.4. The number of nitrogens with one attached hydrogen (secondary N) is 1. The minimum atomic E-state index is -0.502. The summed E-state index contributed by atoms with van der Waals surface area (Å²) in [6.45, 7) is 5.55. The maximum Gasteiger partial charge on any atom is 0.407 e. The van der Waals surface area contributed by atoms with Crippen LogP contribution >= 0.6 is 27.3 Å². The molecule has 2 amide bonds. The lowest BCUT2D eigenvalue weighted by atomic mass is 9.97. The summed E-state index contributed by atoms with van der Waals surface area (Å²) < 4.78 is 6.03. The molecule has 3 rings (SSSR count). The fourth-order valence-corrected chi connectivity index (χ4v) is 4.76. The lowest BCUT2D eigenvalue weighted by Crippen LogP contribution is -2.53. The van der Waals surface area contributed by atoms with Crippen LogP contribution in [0.2, 0.25) is 0 Å². The van der Waals surface area contributed by atoms with E-state index in [1.807, 2.05) is 31.1 Å². The van der Waals surface area contributed by atoms with Gasteiger partial charge >= 0.3 is 6.09 Å². The van der Waals surface area contributed by atoms with Gasteiger partial charge in [0.05, 0.1) is 0 Å². The van der Waals surface area contributed by atoms with E-state index in [-0.39, 0.29) is 30.1 Å². The van der Waals surface area contributed by atoms with Gasteiger partial charge in [0.2, 0.25) is 0 Å². The van der Waals surface area contributed by atoms with Crippen LogP contribution in [0.3, 0.4) is 0 Å². The summed E-state index contributed by atoms with van der Waals surface area (Å²) in [5, 5.41) is 5.31. The van der Waals surface area contributed by atoms with E-state index in [4.69, 9.17) is 4.74 Å². The number of rotatable bonds is 2. The van der Waals surface area contributed by atoms with Crippen LogP contribution in [-0.2, 0) is 4.74 Å². The third kappa shape index (κ3) is 3.91. The fourth-order valence-electron chi connectivity index (χ4n) is 3.56. The van der Waals surface area contributed by atoms with Crippen molar-refractivity contribution in [1.29, 1.82) is 0 Å². The molecule has 0 aliphatic carbocycles. The molecular formula is C16H22BrN3O3S. The van der Waals surface area contributed by atoms with E-state index in [9.17, 15) is 9.59 Å². The maximum absolute atomic E-state index is 12.7. The molecule has 2 unspecified atom stereocenters. The molecule has 2 atom stereocenters. The van der Waals surface area contributed by atoms with E-state index in [0.717, 1.165) is 25.7 Å². The number of piperidine rings is 1. The topological polar surface area (TPSA) is 71.5 Å². The zero-order chi connectivity index (χ0) is 17.5. The van der Waals surface area contributed by atoms with Gasteiger partial charge in [-0.05, 0) is 62.4 Å². The van der Waals surface area contributed by atoms with Gasteiger partial charge in [-0.1, -0.05) is 0 Å². The first-order valence-corrected chi connectivity index (χ1v) is 9.83. The fraction of sp³-hybridized carbons (Fsp3) is 0.688. The van der Waals surface area contributed by atoms with Crippen LogP contribution in [0.25, 0.3) is 0 Å². The Hall–Kier alpha value is -1.15. The molecule has 2 bridgehead atoms. The highest BCUT2D eigenvalue weighted by atomic mass is 79.9. The van der Waals surface area contributed by atoms with Crippen molar-refractivity contribution >= 4 is 39.3 Å². The first-order chi connectivity index (χ1) is 11.2. The van der Waals surface area contributed by atoms with Crippen LogP contribution < -0.4 is 5.32 Å². The molecule has 2 fully saturated rings. The molecule has 0 aromatic carbocycles. The van der Waals surface area contributed by atoms with Crippen LogP contribution in [0, 0.1) is 0 Å². The number of halogens is 1. The van der Waals surface area contributed by atoms with Crippen LogP contribution in [0.4, 0.5) is 4.79 Å². The molecule has 3 heterocycles. The minimum Gasteiger partial charge on any atom is -0.444 e. The van der Waals surface area contributed by atoms with Crippen molar-refractivity contribution in [3.05, 3.63) is 15.0 Å². The Morgan fingerprint density at radius 3 is 2.46 bits per heavy atom. The molecule has 8 heteroatoms. The standard InChI is InChI=1S/C16H22BrN3O3S/c1-16(2,3)23-15(22)18-9-6-10-4-5-11(7-9)20(10)14(21)13-19-12(17)8-24-13/h8-11H,4-7H2,1-3H3,(H,18,22). The highest BCUT2D eigenvalue weighted by Crippen LogP contribution is 2.37. The number of amides is 2. The summed E-state index contributed by atoms with van der Waals surface area (Å²) in [7, 11) is 0. The number of hydrogen-bond acceptors (Lipinski definition) is 5. The molecule has 0 spiro atoms. The lowest BCUT2D eigenvalue weighted by Gasteiger charge is -2.38. The molecule has 0 radical (unpaired) electrons. The summed E-state index contributed by atoms with van der Waals surface area (Å²) in [4.78, 5) is 30.9. The van der Waals surface area contributed by atoms with Gasteiger partial charge in [0.15, 0.2) is 5.01 Å². The molecule has 1 aromatic heterocycles. The van der Waals surface area contributed by atoms with Gasteiger partial charge in [0.1, 0.15) is 10.2 Å². The predicted octanol–water partition coefficient (Wildman–Crippen LogP) is 3.57. The van der Waals surface area contributed by atoms with Crippen LogP contribution in [0.5, 0.6) is 0 Å². The van der Waals surface area contributed by atoms with Gasteiger partial charge in [-0.25, -0.2) is 9.78 Å². The van der Waals surface area contributed by atoms with E-state index in [0.29, 0.717) is 9.61 Å².